The quantitative estimate of drug-likeness (QED) is 0.286. The third-order valence-electron chi connectivity index (χ3n) is 4.72. The van der Waals surface area contributed by atoms with E-state index in [2.05, 4.69) is 20.3 Å². The Morgan fingerprint density at radius 3 is 2.34 bits per heavy atom. The minimum atomic E-state index is -0.472. The van der Waals surface area contributed by atoms with Gasteiger partial charge in [0.05, 0.1) is 11.5 Å². The molecule has 4 rings (SSSR count). The number of pyridine rings is 1. The molecule has 0 spiro atoms. The predicted octanol–water partition coefficient (Wildman–Crippen LogP) is 5.38. The van der Waals surface area contributed by atoms with E-state index in [4.69, 9.17) is 11.6 Å². The molecule has 0 bridgehead atoms. The lowest BCUT2D eigenvalue weighted by Gasteiger charge is -2.23. The Hall–Kier alpha value is -4.04. The fraction of sp³-hybridized carbons (Fsp3) is 0.0870. The van der Waals surface area contributed by atoms with Crippen LogP contribution in [0.5, 0.6) is 0 Å². The zero-order valence-corrected chi connectivity index (χ0v) is 17.7. The highest BCUT2D eigenvalue weighted by Gasteiger charge is 2.28. The van der Waals surface area contributed by atoms with Gasteiger partial charge in [-0.05, 0) is 35.4 Å². The molecule has 0 aliphatic rings. The van der Waals surface area contributed by atoms with Crippen LogP contribution in [0.3, 0.4) is 0 Å². The number of halogens is 1. The fourth-order valence-electron chi connectivity index (χ4n) is 3.20. The molecule has 0 saturated carbocycles. The molecule has 8 nitrogen and oxygen atoms in total. The fourth-order valence-corrected chi connectivity index (χ4v) is 3.32. The van der Waals surface area contributed by atoms with Gasteiger partial charge >= 0.3 is 5.69 Å². The van der Waals surface area contributed by atoms with Gasteiger partial charge in [0.2, 0.25) is 11.6 Å². The Balaban J connectivity index is 1.72. The van der Waals surface area contributed by atoms with E-state index in [1.165, 1.54) is 6.33 Å². The van der Waals surface area contributed by atoms with Gasteiger partial charge in [-0.2, -0.15) is 0 Å². The third kappa shape index (κ3) is 4.98. The van der Waals surface area contributed by atoms with E-state index in [0.717, 1.165) is 11.1 Å². The number of anilines is 3. The SMILES string of the molecule is O=[N+]([O-])c1c(NCc2ccc(Cl)cc2)ncnc1N(Cc1ccccc1)c1ccccn1. The summed E-state index contributed by atoms with van der Waals surface area (Å²) in [5, 5.41) is 15.8. The molecule has 0 radical (unpaired) electrons. The van der Waals surface area contributed by atoms with Crippen LogP contribution in [0.15, 0.2) is 85.3 Å². The summed E-state index contributed by atoms with van der Waals surface area (Å²) < 4.78 is 0. The molecular weight excluding hydrogens is 428 g/mol. The van der Waals surface area contributed by atoms with Gasteiger partial charge in [0.25, 0.3) is 0 Å². The monoisotopic (exact) mass is 446 g/mol. The molecule has 160 valence electrons. The van der Waals surface area contributed by atoms with Gasteiger partial charge in [-0.1, -0.05) is 60.1 Å². The van der Waals surface area contributed by atoms with Gasteiger partial charge in [-0.3, -0.25) is 10.1 Å². The van der Waals surface area contributed by atoms with E-state index in [9.17, 15) is 10.1 Å². The van der Waals surface area contributed by atoms with Crippen molar-refractivity contribution in [2.75, 3.05) is 10.2 Å². The maximum absolute atomic E-state index is 12.1. The molecule has 2 aromatic carbocycles. The summed E-state index contributed by atoms with van der Waals surface area (Å²) >= 11 is 5.93. The summed E-state index contributed by atoms with van der Waals surface area (Å²) in [5.74, 6) is 0.830. The first kappa shape index (κ1) is 21.2. The zero-order chi connectivity index (χ0) is 22.3. The van der Waals surface area contributed by atoms with Crippen molar-refractivity contribution in [1.82, 2.24) is 15.0 Å². The third-order valence-corrected chi connectivity index (χ3v) is 4.98. The minimum Gasteiger partial charge on any atom is -0.360 e. The first-order valence-corrected chi connectivity index (χ1v) is 10.2. The molecule has 1 N–H and O–H groups in total. The van der Waals surface area contributed by atoms with Crippen LogP contribution in [0.2, 0.25) is 5.02 Å². The highest BCUT2D eigenvalue weighted by Crippen LogP contribution is 2.36. The topological polar surface area (TPSA) is 97.1 Å². The highest BCUT2D eigenvalue weighted by atomic mass is 35.5. The first-order chi connectivity index (χ1) is 15.6. The second-order valence-electron chi connectivity index (χ2n) is 6.89. The highest BCUT2D eigenvalue weighted by molar-refractivity contribution is 6.30. The standard InChI is InChI=1S/C23H19ClN6O2/c24-19-11-9-17(10-12-19)14-26-22-21(30(31)32)23(28-16-27-22)29(20-8-4-5-13-25-20)15-18-6-2-1-3-7-18/h1-13,16H,14-15H2,(H,26,27,28). The number of nitrogens with one attached hydrogen (secondary N) is 1. The van der Waals surface area contributed by atoms with Crippen molar-refractivity contribution in [1.29, 1.82) is 0 Å². The van der Waals surface area contributed by atoms with Crippen molar-refractivity contribution in [3.63, 3.8) is 0 Å². The second-order valence-corrected chi connectivity index (χ2v) is 7.33. The summed E-state index contributed by atoms with van der Waals surface area (Å²) in [6.07, 6.45) is 2.95. The average Bonchev–Trinajstić information content (AvgIpc) is 2.83. The summed E-state index contributed by atoms with van der Waals surface area (Å²) in [6, 6.07) is 22.3. The molecular formula is C23H19ClN6O2. The molecule has 4 aromatic rings. The molecule has 0 aliphatic heterocycles. The number of hydrogen-bond acceptors (Lipinski definition) is 7. The molecule has 9 heteroatoms. The molecule has 0 amide bonds. The summed E-state index contributed by atoms with van der Waals surface area (Å²) in [7, 11) is 0. The first-order valence-electron chi connectivity index (χ1n) is 9.82. The molecule has 0 saturated heterocycles. The number of benzene rings is 2. The largest absolute Gasteiger partial charge is 0.360 e. The lowest BCUT2D eigenvalue weighted by Crippen LogP contribution is -2.21. The smallest absolute Gasteiger partial charge is 0.353 e. The van der Waals surface area contributed by atoms with E-state index >= 15 is 0 Å². The van der Waals surface area contributed by atoms with Crippen LogP contribution in [0.25, 0.3) is 0 Å². The Bertz CT molecular complexity index is 1190. The van der Waals surface area contributed by atoms with E-state index in [-0.39, 0.29) is 17.3 Å². The number of hydrogen-bond donors (Lipinski definition) is 1. The van der Waals surface area contributed by atoms with Gasteiger partial charge in [0.1, 0.15) is 12.1 Å². The van der Waals surface area contributed by atoms with E-state index in [1.54, 1.807) is 35.4 Å². The Morgan fingerprint density at radius 1 is 0.906 bits per heavy atom. The second kappa shape index (κ2) is 9.84. The lowest BCUT2D eigenvalue weighted by atomic mass is 10.2. The lowest BCUT2D eigenvalue weighted by molar-refractivity contribution is -0.383. The number of rotatable bonds is 8. The molecule has 0 aliphatic carbocycles. The van der Waals surface area contributed by atoms with Crippen molar-refractivity contribution in [2.45, 2.75) is 13.1 Å². The van der Waals surface area contributed by atoms with Crippen LogP contribution < -0.4 is 10.2 Å². The van der Waals surface area contributed by atoms with Gasteiger partial charge in [-0.15, -0.1) is 0 Å². The van der Waals surface area contributed by atoms with Crippen LogP contribution in [0.1, 0.15) is 11.1 Å². The molecule has 0 fully saturated rings. The van der Waals surface area contributed by atoms with E-state index < -0.39 is 4.92 Å². The van der Waals surface area contributed by atoms with Gasteiger partial charge in [-0.25, -0.2) is 15.0 Å². The van der Waals surface area contributed by atoms with Crippen LogP contribution in [0.4, 0.5) is 23.1 Å². The van der Waals surface area contributed by atoms with Crippen molar-refractivity contribution in [3.05, 3.63) is 112 Å². The van der Waals surface area contributed by atoms with Gasteiger partial charge in [0.15, 0.2) is 0 Å². The van der Waals surface area contributed by atoms with Crippen LogP contribution in [-0.2, 0) is 13.1 Å². The van der Waals surface area contributed by atoms with Crippen LogP contribution in [-0.4, -0.2) is 19.9 Å². The molecule has 32 heavy (non-hydrogen) atoms. The van der Waals surface area contributed by atoms with E-state index in [0.29, 0.717) is 23.9 Å². The molecule has 0 atom stereocenters. The Labute approximate surface area is 189 Å². The van der Waals surface area contributed by atoms with Crippen molar-refractivity contribution in [2.24, 2.45) is 0 Å². The van der Waals surface area contributed by atoms with Crippen molar-refractivity contribution in [3.8, 4) is 0 Å². The normalized spacial score (nSPS) is 10.5. The molecule has 2 aromatic heterocycles. The summed E-state index contributed by atoms with van der Waals surface area (Å²) in [5.41, 5.74) is 1.65. The summed E-state index contributed by atoms with van der Waals surface area (Å²) in [4.78, 5) is 26.2. The van der Waals surface area contributed by atoms with E-state index in [1.807, 2.05) is 48.5 Å². The van der Waals surface area contributed by atoms with Gasteiger partial charge < -0.3 is 10.2 Å². The Morgan fingerprint density at radius 2 is 1.66 bits per heavy atom. The average molecular weight is 447 g/mol. The molecule has 0 unspecified atom stereocenters. The van der Waals surface area contributed by atoms with Crippen LogP contribution >= 0.6 is 11.6 Å². The van der Waals surface area contributed by atoms with Crippen molar-refractivity contribution >= 4 is 34.7 Å². The van der Waals surface area contributed by atoms with Gasteiger partial charge in [0, 0.05) is 17.8 Å². The van der Waals surface area contributed by atoms with Crippen molar-refractivity contribution < 1.29 is 4.92 Å². The van der Waals surface area contributed by atoms with Crippen LogP contribution in [0, 0.1) is 10.1 Å². The predicted molar refractivity (Wildman–Crippen MR) is 124 cm³/mol. The number of aromatic nitrogens is 3. The Kier molecular flexibility index (Phi) is 6.52. The maximum atomic E-state index is 12.1. The minimum absolute atomic E-state index is 0.129. The number of nitrogens with zero attached hydrogens (tertiary/aromatic N) is 5. The zero-order valence-electron chi connectivity index (χ0n) is 16.9. The maximum Gasteiger partial charge on any atom is 0.353 e. The molecule has 2 heterocycles. The summed E-state index contributed by atoms with van der Waals surface area (Å²) in [6.45, 7) is 0.697. The number of nitro groups is 1.